The Kier molecular flexibility index (Phi) is 8.22. The molecule has 0 aromatic heterocycles. The zero-order valence-electron chi connectivity index (χ0n) is 30.8. The maximum atomic E-state index is 13.1. The molecule has 9 rings (SSSR count). The highest BCUT2D eigenvalue weighted by Gasteiger charge is 2.80. The molecule has 13 atom stereocenters. The van der Waals surface area contributed by atoms with Gasteiger partial charge in [-0.25, -0.2) is 0 Å². The summed E-state index contributed by atoms with van der Waals surface area (Å²) in [5.41, 5.74) is 0.202. The fourth-order valence-electron chi connectivity index (χ4n) is 14.0. The van der Waals surface area contributed by atoms with Crippen LogP contribution in [0, 0.1) is 51.2 Å². The summed E-state index contributed by atoms with van der Waals surface area (Å²) in [6.07, 6.45) is 12.2. The third kappa shape index (κ3) is 5.20. The Morgan fingerprint density at radius 2 is 1.71 bits per heavy atom. The molecule has 0 bridgehead atoms. The van der Waals surface area contributed by atoms with E-state index in [4.69, 9.17) is 28.4 Å². The molecule has 1 N–H and O–H groups in total. The van der Waals surface area contributed by atoms with Crippen molar-refractivity contribution in [2.45, 2.75) is 148 Å². The molecule has 0 radical (unpaired) electrons. The lowest BCUT2D eigenvalue weighted by molar-refractivity contribution is -0.253. The van der Waals surface area contributed by atoms with Crippen molar-refractivity contribution in [1.29, 1.82) is 0 Å². The lowest BCUT2D eigenvalue weighted by Gasteiger charge is -2.60. The van der Waals surface area contributed by atoms with Crippen LogP contribution in [-0.4, -0.2) is 104 Å². The minimum atomic E-state index is -1.17. The molecule has 10 unspecified atom stereocenters. The fourth-order valence-corrected chi connectivity index (χ4v) is 14.0. The summed E-state index contributed by atoms with van der Waals surface area (Å²) in [7, 11) is 0. The molecule has 0 aromatic rings. The number of morpholine rings is 1. The Balaban J connectivity index is 0.883. The summed E-state index contributed by atoms with van der Waals surface area (Å²) in [6.45, 7) is 16.5. The van der Waals surface area contributed by atoms with E-state index < -0.39 is 11.7 Å². The fraction of sp³-hybridized carbons (Fsp3) is 0.975. The highest BCUT2D eigenvalue weighted by Crippen LogP contribution is 2.87. The smallest absolute Gasteiger partial charge is 0.311 e. The van der Waals surface area contributed by atoms with Crippen LogP contribution in [-0.2, 0) is 33.2 Å². The van der Waals surface area contributed by atoms with Gasteiger partial charge in [-0.15, -0.1) is 0 Å². The Hall–Kier alpha value is -0.810. The van der Waals surface area contributed by atoms with Crippen LogP contribution in [0.4, 0.5) is 0 Å². The molecule has 5 aliphatic carbocycles. The molecule has 4 saturated heterocycles. The van der Waals surface area contributed by atoms with Crippen molar-refractivity contribution in [2.75, 3.05) is 46.1 Å². The van der Waals surface area contributed by atoms with E-state index in [1.54, 1.807) is 13.8 Å². The Morgan fingerprint density at radius 3 is 2.45 bits per heavy atom. The quantitative estimate of drug-likeness (QED) is 0.356. The molecular weight excluding hydrogens is 622 g/mol. The second-order valence-corrected chi connectivity index (χ2v) is 19.5. The molecule has 9 fully saturated rings. The van der Waals surface area contributed by atoms with Gasteiger partial charge in [0.2, 0.25) is 0 Å². The molecule has 5 saturated carbocycles. The van der Waals surface area contributed by atoms with E-state index in [-0.39, 0.29) is 41.9 Å². The number of carbonyl (C=O) groups excluding carboxylic acids is 1. The van der Waals surface area contributed by atoms with Gasteiger partial charge >= 0.3 is 5.97 Å². The summed E-state index contributed by atoms with van der Waals surface area (Å²) < 4.78 is 37.1. The number of nitrogens with zero attached hydrogens (tertiary/aromatic N) is 1. The largest absolute Gasteiger partial charge is 0.456 e. The Labute approximate surface area is 293 Å². The van der Waals surface area contributed by atoms with Gasteiger partial charge in [0.25, 0.3) is 0 Å². The van der Waals surface area contributed by atoms with Crippen LogP contribution in [0.2, 0.25) is 0 Å². The van der Waals surface area contributed by atoms with Gasteiger partial charge in [-0.1, -0.05) is 20.8 Å². The van der Waals surface area contributed by atoms with Crippen LogP contribution in [0.15, 0.2) is 0 Å². The summed E-state index contributed by atoms with van der Waals surface area (Å²) in [6, 6.07) is 0.532. The van der Waals surface area contributed by atoms with Crippen LogP contribution >= 0.6 is 0 Å². The summed E-state index contributed by atoms with van der Waals surface area (Å²) in [4.78, 5) is 15.6. The molecule has 9 nitrogen and oxygen atoms in total. The minimum Gasteiger partial charge on any atom is -0.456 e. The number of ether oxygens (including phenoxy) is 6. The van der Waals surface area contributed by atoms with Gasteiger partial charge in [0.05, 0.1) is 68.8 Å². The van der Waals surface area contributed by atoms with Gasteiger partial charge in [0.15, 0.2) is 12.4 Å². The maximum absolute atomic E-state index is 13.1. The van der Waals surface area contributed by atoms with Gasteiger partial charge < -0.3 is 33.5 Å². The Morgan fingerprint density at radius 1 is 0.898 bits per heavy atom. The zero-order valence-corrected chi connectivity index (χ0v) is 30.8. The summed E-state index contributed by atoms with van der Waals surface area (Å²) in [5.74, 6) is 2.21. The normalized spacial score (nSPS) is 49.8. The van der Waals surface area contributed by atoms with Crippen LogP contribution < -0.4 is 0 Å². The van der Waals surface area contributed by atoms with Gasteiger partial charge in [-0.2, -0.15) is 0 Å². The van der Waals surface area contributed by atoms with Crippen LogP contribution in [0.1, 0.15) is 105 Å². The number of hydrogen-bond acceptors (Lipinski definition) is 9. The predicted octanol–water partition coefficient (Wildman–Crippen LogP) is 5.35. The number of rotatable bonds is 7. The van der Waals surface area contributed by atoms with Crippen molar-refractivity contribution < 1.29 is 38.3 Å². The van der Waals surface area contributed by atoms with Gasteiger partial charge in [0, 0.05) is 13.2 Å². The standard InChI is InChI=1S/C40H63NO8/c1-36(2)31-9-7-26-28-18-30-27(6-8-29(47-30)34(37(3,4)43)49-35(42)24-11-16-44-20-24)38(28,5)13-14-39(26)23-40(31,39)12-10-32(36)48-33-19-41(15-17-46-33)25-21-45-22-25/h24-34,43H,6-23H2,1-5H3/t24?,26?,27?,28?,29?,30?,31?,32-,33?,34-,38?,39-,40?/m0/s1. The predicted molar refractivity (Wildman–Crippen MR) is 181 cm³/mol. The van der Waals surface area contributed by atoms with E-state index >= 15 is 0 Å². The first-order valence-electron chi connectivity index (χ1n) is 20.1. The second-order valence-electron chi connectivity index (χ2n) is 19.5. The van der Waals surface area contributed by atoms with Crippen molar-refractivity contribution in [1.82, 2.24) is 4.90 Å². The van der Waals surface area contributed by atoms with Crippen molar-refractivity contribution >= 4 is 5.97 Å². The number of fused-ring (bicyclic) bond motifs is 4. The van der Waals surface area contributed by atoms with E-state index in [0.29, 0.717) is 59.7 Å². The number of carbonyl (C=O) groups is 1. The van der Waals surface area contributed by atoms with Crippen LogP contribution in [0.25, 0.3) is 0 Å². The molecule has 4 heterocycles. The lowest BCUT2D eigenvalue weighted by atomic mass is 9.46. The van der Waals surface area contributed by atoms with Crippen molar-refractivity contribution in [3.05, 3.63) is 0 Å². The SMILES string of the molecule is CC12CC[C@@]34CC35CC[C@H](OC3CN(C6COC6)CCO3)C(C)(C)C5CCC4C1CC1OC([C@H](OC(=O)C3CCOC3)C(C)(C)O)CCC12. The Bertz CT molecular complexity index is 1280. The summed E-state index contributed by atoms with van der Waals surface area (Å²) in [5, 5.41) is 11.2. The lowest BCUT2D eigenvalue weighted by Crippen LogP contribution is -2.58. The van der Waals surface area contributed by atoms with E-state index in [0.717, 1.165) is 64.5 Å². The van der Waals surface area contributed by atoms with Gasteiger partial charge in [-0.05, 0) is 130 Å². The second kappa shape index (κ2) is 11.8. The first-order chi connectivity index (χ1) is 23.4. The molecular formula is C40H63NO8. The van der Waals surface area contributed by atoms with E-state index in [1.807, 2.05) is 0 Å². The molecule has 0 amide bonds. The van der Waals surface area contributed by atoms with E-state index in [1.165, 1.54) is 38.5 Å². The third-order valence-corrected chi connectivity index (χ3v) is 16.6. The van der Waals surface area contributed by atoms with Gasteiger partial charge in [-0.3, -0.25) is 9.69 Å². The molecule has 49 heavy (non-hydrogen) atoms. The minimum absolute atomic E-state index is 0.130. The van der Waals surface area contributed by atoms with Crippen LogP contribution in [0.3, 0.4) is 0 Å². The van der Waals surface area contributed by atoms with Gasteiger partial charge in [0.1, 0.15) is 0 Å². The molecule has 276 valence electrons. The van der Waals surface area contributed by atoms with Crippen molar-refractivity contribution in [2.24, 2.45) is 51.2 Å². The highest BCUT2D eigenvalue weighted by molar-refractivity contribution is 5.73. The number of hydrogen-bond donors (Lipinski definition) is 1. The molecule has 0 aromatic carbocycles. The number of aliphatic hydroxyl groups is 1. The maximum Gasteiger partial charge on any atom is 0.311 e. The van der Waals surface area contributed by atoms with E-state index in [2.05, 4.69) is 25.7 Å². The van der Waals surface area contributed by atoms with Crippen molar-refractivity contribution in [3.8, 4) is 0 Å². The number of esters is 1. The van der Waals surface area contributed by atoms with E-state index in [9.17, 15) is 9.90 Å². The summed E-state index contributed by atoms with van der Waals surface area (Å²) >= 11 is 0. The topological polar surface area (TPSA) is 95.9 Å². The van der Waals surface area contributed by atoms with Crippen molar-refractivity contribution in [3.63, 3.8) is 0 Å². The molecule has 9 aliphatic rings. The molecule has 9 heteroatoms. The zero-order chi connectivity index (χ0) is 34.0. The highest BCUT2D eigenvalue weighted by atomic mass is 16.7. The average molecular weight is 686 g/mol. The monoisotopic (exact) mass is 685 g/mol. The molecule has 2 spiro atoms. The first kappa shape index (κ1) is 34.0. The average Bonchev–Trinajstić information content (AvgIpc) is 3.28. The van der Waals surface area contributed by atoms with Crippen LogP contribution in [0.5, 0.6) is 0 Å². The molecule has 4 aliphatic heterocycles. The first-order valence-corrected chi connectivity index (χ1v) is 20.1. The third-order valence-electron chi connectivity index (χ3n) is 16.6.